The highest BCUT2D eigenvalue weighted by molar-refractivity contribution is 5.78. The quantitative estimate of drug-likeness (QED) is 0.282. The first-order chi connectivity index (χ1) is 7.90. The molecule has 1 aromatic rings. The maximum Gasteiger partial charge on any atom is 0.373 e. The topological polar surface area (TPSA) is 62.8 Å². The van der Waals surface area contributed by atoms with Gasteiger partial charge in [-0.1, -0.05) is 5.16 Å². The van der Waals surface area contributed by atoms with E-state index in [9.17, 15) is 4.79 Å². The van der Waals surface area contributed by atoms with Gasteiger partial charge in [-0.15, -0.1) is 0 Å². The molecule has 5 heteroatoms. The van der Waals surface area contributed by atoms with E-state index in [-0.39, 0.29) is 12.5 Å². The molecule has 1 N–H and O–H groups in total. The van der Waals surface area contributed by atoms with Crippen molar-refractivity contribution in [2.24, 2.45) is 5.16 Å². The molecule has 0 bridgehead atoms. The van der Waals surface area contributed by atoms with E-state index in [1.807, 2.05) is 20.8 Å². The lowest BCUT2D eigenvalue weighted by molar-refractivity contribution is -0.686. The van der Waals surface area contributed by atoms with E-state index in [0.717, 1.165) is 5.56 Å². The SMILES string of the molecule is CC(C)(C)OC(=O)C[n+]1ccc(/C=N\O)cc1. The van der Waals surface area contributed by atoms with Crippen LogP contribution in [0.4, 0.5) is 0 Å². The van der Waals surface area contributed by atoms with Crippen molar-refractivity contribution >= 4 is 12.2 Å². The molecule has 1 heterocycles. The fourth-order valence-corrected chi connectivity index (χ4v) is 1.25. The Morgan fingerprint density at radius 3 is 2.53 bits per heavy atom. The molecule has 5 nitrogen and oxygen atoms in total. The molecule has 0 atom stereocenters. The van der Waals surface area contributed by atoms with E-state index in [2.05, 4.69) is 5.16 Å². The van der Waals surface area contributed by atoms with Crippen molar-refractivity contribution in [2.45, 2.75) is 32.9 Å². The summed E-state index contributed by atoms with van der Waals surface area (Å²) in [5.74, 6) is -0.286. The maximum atomic E-state index is 11.5. The van der Waals surface area contributed by atoms with Crippen LogP contribution < -0.4 is 4.57 Å². The Morgan fingerprint density at radius 1 is 1.47 bits per heavy atom. The normalized spacial score (nSPS) is 11.7. The summed E-state index contributed by atoms with van der Waals surface area (Å²) in [5, 5.41) is 11.3. The van der Waals surface area contributed by atoms with E-state index >= 15 is 0 Å². The summed E-state index contributed by atoms with van der Waals surface area (Å²) in [5.41, 5.74) is 0.286. The molecule has 0 aromatic carbocycles. The predicted octanol–water partition coefficient (Wildman–Crippen LogP) is 1.12. The van der Waals surface area contributed by atoms with Crippen molar-refractivity contribution in [3.05, 3.63) is 30.1 Å². The van der Waals surface area contributed by atoms with Crippen molar-refractivity contribution < 1.29 is 19.3 Å². The highest BCUT2D eigenvalue weighted by Gasteiger charge is 2.19. The molecule has 1 aromatic heterocycles. The Hall–Kier alpha value is -1.91. The van der Waals surface area contributed by atoms with Crippen molar-refractivity contribution in [3.63, 3.8) is 0 Å². The number of oxime groups is 1. The first kappa shape index (κ1) is 13.2. The molecule has 0 spiro atoms. The Balaban J connectivity index is 2.60. The minimum absolute atomic E-state index is 0.161. The third-order valence-electron chi connectivity index (χ3n) is 1.86. The fourth-order valence-electron chi connectivity index (χ4n) is 1.25. The van der Waals surface area contributed by atoms with E-state index in [1.54, 1.807) is 29.1 Å². The number of pyridine rings is 1. The number of esters is 1. The molecule has 1 rings (SSSR count). The highest BCUT2D eigenvalue weighted by Crippen LogP contribution is 2.06. The lowest BCUT2D eigenvalue weighted by Crippen LogP contribution is -2.40. The molecule has 0 unspecified atom stereocenters. The first-order valence-corrected chi connectivity index (χ1v) is 5.29. The number of aromatic nitrogens is 1. The van der Waals surface area contributed by atoms with Gasteiger partial charge in [0.25, 0.3) is 0 Å². The van der Waals surface area contributed by atoms with Gasteiger partial charge in [-0.05, 0) is 20.8 Å². The van der Waals surface area contributed by atoms with E-state index in [4.69, 9.17) is 9.94 Å². The second kappa shape index (κ2) is 5.43. The Bertz CT molecular complexity index is 405. The number of hydrogen-bond donors (Lipinski definition) is 1. The number of carbonyl (C=O) groups is 1. The number of nitrogens with zero attached hydrogens (tertiary/aromatic N) is 2. The predicted molar refractivity (Wildman–Crippen MR) is 61.9 cm³/mol. The minimum atomic E-state index is -0.471. The molecule has 17 heavy (non-hydrogen) atoms. The van der Waals surface area contributed by atoms with Gasteiger partial charge in [-0.25, -0.2) is 4.79 Å². The van der Waals surface area contributed by atoms with Gasteiger partial charge in [-0.3, -0.25) is 0 Å². The molecule has 0 radical (unpaired) electrons. The third kappa shape index (κ3) is 5.10. The highest BCUT2D eigenvalue weighted by atomic mass is 16.6. The second-order valence-electron chi connectivity index (χ2n) is 4.63. The van der Waals surface area contributed by atoms with Crippen LogP contribution in [0, 0.1) is 0 Å². The van der Waals surface area contributed by atoms with E-state index in [0.29, 0.717) is 0 Å². The lowest BCUT2D eigenvalue weighted by Gasteiger charge is -2.18. The molecule has 0 saturated carbocycles. The Kier molecular flexibility index (Phi) is 4.20. The van der Waals surface area contributed by atoms with Crippen LogP contribution in [0.5, 0.6) is 0 Å². The van der Waals surface area contributed by atoms with Gasteiger partial charge in [-0.2, -0.15) is 4.57 Å². The van der Waals surface area contributed by atoms with Gasteiger partial charge in [0.2, 0.25) is 6.54 Å². The molecule has 0 fully saturated rings. The number of hydrogen-bond acceptors (Lipinski definition) is 4. The van der Waals surface area contributed by atoms with Crippen LogP contribution in [0.2, 0.25) is 0 Å². The van der Waals surface area contributed by atoms with Gasteiger partial charge < -0.3 is 9.94 Å². The van der Waals surface area contributed by atoms with Gasteiger partial charge >= 0.3 is 5.97 Å². The van der Waals surface area contributed by atoms with Crippen molar-refractivity contribution in [1.29, 1.82) is 0 Å². The number of carbonyl (C=O) groups excluding carboxylic acids is 1. The third-order valence-corrected chi connectivity index (χ3v) is 1.86. The Morgan fingerprint density at radius 2 is 2.06 bits per heavy atom. The maximum absolute atomic E-state index is 11.5. The second-order valence-corrected chi connectivity index (χ2v) is 4.63. The molecule has 0 aliphatic carbocycles. The van der Waals surface area contributed by atoms with Crippen LogP contribution in [0.15, 0.2) is 29.7 Å². The average molecular weight is 237 g/mol. The number of rotatable bonds is 3. The average Bonchev–Trinajstić information content (AvgIpc) is 2.18. The summed E-state index contributed by atoms with van der Waals surface area (Å²) in [7, 11) is 0. The summed E-state index contributed by atoms with van der Waals surface area (Å²) >= 11 is 0. The van der Waals surface area contributed by atoms with Gasteiger partial charge in [0.1, 0.15) is 5.60 Å². The largest absolute Gasteiger partial charge is 0.455 e. The first-order valence-electron chi connectivity index (χ1n) is 5.29. The van der Waals surface area contributed by atoms with Crippen LogP contribution >= 0.6 is 0 Å². The smallest absolute Gasteiger partial charge is 0.373 e. The van der Waals surface area contributed by atoms with Gasteiger partial charge in [0.05, 0.1) is 6.21 Å². The van der Waals surface area contributed by atoms with E-state index in [1.165, 1.54) is 6.21 Å². The van der Waals surface area contributed by atoms with Gasteiger partial charge in [0.15, 0.2) is 12.4 Å². The zero-order valence-corrected chi connectivity index (χ0v) is 10.3. The molecule has 0 aliphatic rings. The van der Waals surface area contributed by atoms with Crippen molar-refractivity contribution in [1.82, 2.24) is 0 Å². The van der Waals surface area contributed by atoms with Crippen LogP contribution in [-0.4, -0.2) is 23.0 Å². The Labute approximate surface area is 100 Å². The fraction of sp³-hybridized carbons (Fsp3) is 0.417. The van der Waals surface area contributed by atoms with Crippen LogP contribution in [0.3, 0.4) is 0 Å². The lowest BCUT2D eigenvalue weighted by atomic mass is 10.2. The zero-order chi connectivity index (χ0) is 12.9. The molecular weight excluding hydrogens is 220 g/mol. The number of ether oxygens (including phenoxy) is 1. The van der Waals surface area contributed by atoms with Crippen LogP contribution in [0.25, 0.3) is 0 Å². The molecule has 92 valence electrons. The molecular formula is C12H17N2O3+. The van der Waals surface area contributed by atoms with Crippen LogP contribution in [0.1, 0.15) is 26.3 Å². The minimum Gasteiger partial charge on any atom is -0.455 e. The van der Waals surface area contributed by atoms with Crippen molar-refractivity contribution in [3.8, 4) is 0 Å². The summed E-state index contributed by atoms with van der Waals surface area (Å²) in [4.78, 5) is 11.5. The van der Waals surface area contributed by atoms with E-state index < -0.39 is 5.60 Å². The molecule has 0 saturated heterocycles. The zero-order valence-electron chi connectivity index (χ0n) is 10.3. The summed E-state index contributed by atoms with van der Waals surface area (Å²) < 4.78 is 6.89. The van der Waals surface area contributed by atoms with Crippen LogP contribution in [-0.2, 0) is 16.1 Å². The summed E-state index contributed by atoms with van der Waals surface area (Å²) in [6.07, 6.45) is 4.76. The summed E-state index contributed by atoms with van der Waals surface area (Å²) in [6.45, 7) is 5.65. The standard InChI is InChI=1S/C12H16N2O3/c1-12(2,3)17-11(15)9-14-6-4-10(5-7-14)8-13-16/h4-8H,9H2,1-3H3/p+1. The molecule has 0 aliphatic heterocycles. The summed E-state index contributed by atoms with van der Waals surface area (Å²) in [6, 6.07) is 3.48. The monoisotopic (exact) mass is 237 g/mol. The van der Waals surface area contributed by atoms with Crippen molar-refractivity contribution in [2.75, 3.05) is 0 Å². The molecule has 0 amide bonds. The van der Waals surface area contributed by atoms with Gasteiger partial charge in [0, 0.05) is 17.7 Å².